The van der Waals surface area contributed by atoms with E-state index in [4.69, 9.17) is 45.9 Å². The van der Waals surface area contributed by atoms with Gasteiger partial charge in [-0.1, -0.05) is 80.1 Å². The van der Waals surface area contributed by atoms with Gasteiger partial charge in [-0.3, -0.25) is 0 Å². The van der Waals surface area contributed by atoms with Crippen LogP contribution in [0, 0.1) is 0 Å². The molecule has 0 unspecified atom stereocenters. The van der Waals surface area contributed by atoms with Gasteiger partial charge in [0.05, 0.1) is 0 Å². The molecule has 8 rings (SSSR count). The molecule has 0 aromatic carbocycles. The van der Waals surface area contributed by atoms with Crippen molar-refractivity contribution in [3.63, 3.8) is 0 Å². The number of nitrogens with one attached hydrogen (secondary N) is 4. The van der Waals surface area contributed by atoms with Crippen LogP contribution in [0.2, 0.25) is 0 Å². The summed E-state index contributed by atoms with van der Waals surface area (Å²) in [4.78, 5) is 121. The van der Waals surface area contributed by atoms with E-state index >= 15 is 0 Å². The van der Waals surface area contributed by atoms with Crippen molar-refractivity contribution in [2.75, 3.05) is 319 Å². The van der Waals surface area contributed by atoms with Gasteiger partial charge in [-0.05, 0) is 52.4 Å². The molecule has 0 amide bonds. The summed E-state index contributed by atoms with van der Waals surface area (Å²) < 4.78 is 0. The number of hydrogen-bond acceptors (Lipinski definition) is 48. The topological polar surface area (TPSA) is 605 Å². The Morgan fingerprint density at radius 3 is 0.675 bits per heavy atom. The summed E-state index contributed by atoms with van der Waals surface area (Å²) in [7, 11) is 37.7. The van der Waals surface area contributed by atoms with Gasteiger partial charge in [0.1, 0.15) is 0 Å². The van der Waals surface area contributed by atoms with Crippen molar-refractivity contribution in [2.24, 2.45) is 0 Å². The fraction of sp³-hybridized carbons (Fsp3) is 0.667. The molecular weight excluding hydrogens is 1540 g/mol. The van der Waals surface area contributed by atoms with Crippen LogP contribution < -0.4 is 126 Å². The Bertz CT molecular complexity index is 4090. The van der Waals surface area contributed by atoms with Crippen LogP contribution in [0.15, 0.2) is 0 Å². The molecule has 8 aromatic rings. The lowest BCUT2D eigenvalue weighted by Gasteiger charge is -2.19. The third-order valence-corrected chi connectivity index (χ3v) is 15.4. The Labute approximate surface area is 711 Å². The van der Waals surface area contributed by atoms with E-state index < -0.39 is 0 Å². The first kappa shape index (κ1) is 105. The fourth-order valence-corrected chi connectivity index (χ4v) is 8.72. The summed E-state index contributed by atoms with van der Waals surface area (Å²) in [6.45, 7) is 23.7. The summed E-state index contributed by atoms with van der Waals surface area (Å²) in [5, 5.41) is 12.3. The van der Waals surface area contributed by atoms with Gasteiger partial charge in [-0.2, -0.15) is 120 Å². The highest BCUT2D eigenvalue weighted by Crippen LogP contribution is 2.19. The molecule has 0 bridgehead atoms. The van der Waals surface area contributed by atoms with Crippen molar-refractivity contribution >= 4 is 143 Å². The van der Waals surface area contributed by atoms with Gasteiger partial charge < -0.3 is 126 Å². The average Bonchev–Trinajstić information content (AvgIpc) is 0.835. The lowest BCUT2D eigenvalue weighted by molar-refractivity contribution is 0.695. The monoisotopic (exact) mass is 1680 g/mol. The highest BCUT2D eigenvalue weighted by Gasteiger charge is 2.16. The zero-order chi connectivity index (χ0) is 90.7. The average molecular weight is 1680 g/mol. The summed E-state index contributed by atoms with van der Waals surface area (Å²) >= 11 is 0. The van der Waals surface area contributed by atoms with Crippen molar-refractivity contribution in [2.45, 2.75) is 132 Å². The number of rotatable bonds is 36. The lowest BCUT2D eigenvalue weighted by Crippen LogP contribution is -2.24. The molecule has 0 saturated heterocycles. The van der Waals surface area contributed by atoms with Gasteiger partial charge in [-0.15, -0.1) is 0 Å². The first-order valence-corrected chi connectivity index (χ1v) is 40.0. The molecule has 8 heterocycles. The molecule has 8 aromatic heterocycles. The number of aromatic nitrogens is 24. The van der Waals surface area contributed by atoms with E-state index in [1.54, 1.807) is 29.4 Å². The molecule has 48 nitrogen and oxygen atoms in total. The third kappa shape index (κ3) is 42.9. The Kier molecular flexibility index (Phi) is 50.3. The van der Waals surface area contributed by atoms with Crippen molar-refractivity contribution in [1.82, 2.24) is 120 Å². The van der Waals surface area contributed by atoms with Gasteiger partial charge in [0.25, 0.3) is 0 Å². The number of nitrogen functional groups attached to an aromatic ring is 8. The Hall–Kier alpha value is -12.7. The van der Waals surface area contributed by atoms with Crippen molar-refractivity contribution in [3.05, 3.63) is 0 Å². The molecule has 20 N–H and O–H groups in total. The van der Waals surface area contributed by atoms with E-state index in [2.05, 4.69) is 182 Å². The predicted octanol–water partition coefficient (Wildman–Crippen LogP) is 4.39. The van der Waals surface area contributed by atoms with Crippen LogP contribution in [-0.2, 0) is 0 Å². The minimum atomic E-state index is 0.231. The zero-order valence-electron chi connectivity index (χ0n) is 76.9. The van der Waals surface area contributed by atoms with E-state index in [1.165, 1.54) is 25.7 Å². The van der Waals surface area contributed by atoms with Crippen LogP contribution in [0.5, 0.6) is 0 Å². The molecule has 48 heteroatoms. The van der Waals surface area contributed by atoms with Gasteiger partial charge in [-0.25, -0.2) is 0 Å². The third-order valence-electron chi connectivity index (χ3n) is 15.4. The van der Waals surface area contributed by atoms with Crippen LogP contribution >= 0.6 is 0 Å². The minimum absolute atomic E-state index is 0.231. The normalized spacial score (nSPS) is 10.1. The first-order valence-electron chi connectivity index (χ1n) is 40.0. The second kappa shape index (κ2) is 57.4. The summed E-state index contributed by atoms with van der Waals surface area (Å²) in [5.74, 6) is 11.2. The zero-order valence-corrected chi connectivity index (χ0v) is 76.9. The number of nitrogens with zero attached hydrogens (tertiary/aromatic N) is 36. The molecule has 120 heavy (non-hydrogen) atoms. The molecule has 0 aliphatic rings. The van der Waals surface area contributed by atoms with Crippen molar-refractivity contribution in [3.8, 4) is 0 Å². The standard InChI is InChI=1S/C11H22N6.2C10H20N6.2C9H18N6.2C8H16N6.C7H14N6/c1-5-6-7-8-17(4)11-14-9(12)13-10(15-11)16(2)3;1-5-6-7-16(4)10-13-8(11)12-9(14-10)15(2)3;1-4-5-6-7-12-9-13-8(11)14-10(15-9)16(2)3;1-5-6-15(4)9-12-7(10)11-8(13-9)14(2)3;1-4-5-6-11-8-12-7(10)13-9(14-8)15(2)3;1-5-14(4)8-11-6(9)10-7(12-8)13(2)3;1-4-5-10-7-11-6(9)12-8(13-7)14(2)3;1-4-9-6-10-5(8)11-7(12-6)13(2)3/h5-8H2,1-4H3,(H2,12,13,14,15);5-7H2,1-4H3,(H2,11,12,13,14);4-7H2,1-3H3,(H3,11,12,13,14,15);5-6H2,1-4H3,(H2,10,11,12,13);4-6H2,1-3H3,(H3,10,11,12,13,14);5H2,1-4H3,(H2,9,10,11,12);4-5H2,1-3H3,(H3,9,10,11,12,13);4H2,1-3H3,(H3,8,9,10,11,12). The molecule has 0 atom stereocenters. The van der Waals surface area contributed by atoms with E-state index in [1.807, 2.05) is 184 Å². The van der Waals surface area contributed by atoms with E-state index in [0.717, 1.165) is 104 Å². The second-order valence-corrected chi connectivity index (χ2v) is 28.3. The van der Waals surface area contributed by atoms with E-state index in [9.17, 15) is 0 Å². The molecular formula is C72H144N48. The number of hydrogen-bond donors (Lipinski definition) is 12. The highest BCUT2D eigenvalue weighted by atomic mass is 15.4. The minimum Gasteiger partial charge on any atom is -0.368 e. The van der Waals surface area contributed by atoms with Gasteiger partial charge >= 0.3 is 0 Å². The molecule has 0 fully saturated rings. The number of unbranched alkanes of at least 4 members (excludes halogenated alkanes) is 6. The number of anilines is 24. The van der Waals surface area contributed by atoms with Crippen LogP contribution in [0.1, 0.15) is 132 Å². The highest BCUT2D eigenvalue weighted by molar-refractivity contribution is 5.48. The van der Waals surface area contributed by atoms with Crippen LogP contribution in [-0.4, -0.2) is 313 Å². The summed E-state index contributed by atoms with van der Waals surface area (Å²) in [6, 6.07) is 0. The molecule has 0 aliphatic heterocycles. The van der Waals surface area contributed by atoms with Gasteiger partial charge in [0.2, 0.25) is 143 Å². The second-order valence-electron chi connectivity index (χ2n) is 28.3. The maximum absolute atomic E-state index is 5.67. The molecule has 0 radical (unpaired) electrons. The van der Waals surface area contributed by atoms with Gasteiger partial charge in [0.15, 0.2) is 0 Å². The smallest absolute Gasteiger partial charge is 0.231 e. The quantitative estimate of drug-likeness (QED) is 0.0242. The first-order chi connectivity index (χ1) is 56.7. The summed E-state index contributed by atoms with van der Waals surface area (Å²) in [5.41, 5.74) is 44.7. The molecule has 672 valence electrons. The maximum atomic E-state index is 5.67. The van der Waals surface area contributed by atoms with E-state index in [-0.39, 0.29) is 47.6 Å². The summed E-state index contributed by atoms with van der Waals surface area (Å²) in [6.07, 6.45) is 13.6. The van der Waals surface area contributed by atoms with Crippen LogP contribution in [0.3, 0.4) is 0 Å². The van der Waals surface area contributed by atoms with Crippen LogP contribution in [0.25, 0.3) is 0 Å². The van der Waals surface area contributed by atoms with Gasteiger partial charge in [0, 0.05) is 193 Å². The maximum Gasteiger partial charge on any atom is 0.231 e. The largest absolute Gasteiger partial charge is 0.368 e. The Morgan fingerprint density at radius 1 is 0.192 bits per heavy atom. The fourth-order valence-electron chi connectivity index (χ4n) is 8.72. The van der Waals surface area contributed by atoms with Crippen LogP contribution in [0.4, 0.5) is 143 Å². The van der Waals surface area contributed by atoms with Crippen molar-refractivity contribution < 1.29 is 0 Å². The van der Waals surface area contributed by atoms with E-state index in [0.29, 0.717) is 95.2 Å². The lowest BCUT2D eigenvalue weighted by atomic mass is 10.2. The SMILES string of the molecule is CCCCCN(C)c1nc(N)nc(N(C)C)n1.CCCCCNc1nc(N)nc(N(C)C)n1.CCCCN(C)c1nc(N)nc(N(C)C)n1.CCCCNc1nc(N)nc(N(C)C)n1.CCCN(C)c1nc(N)nc(N(C)C)n1.CCCNc1nc(N)nc(N(C)C)n1.CCN(C)c1nc(N)nc(N(C)C)n1.CCNc1nc(N)nc(N(C)C)n1. The molecule has 0 spiro atoms. The van der Waals surface area contributed by atoms with Crippen molar-refractivity contribution in [1.29, 1.82) is 0 Å². The Balaban J connectivity index is 0.000000686. The molecule has 0 saturated carbocycles. The Morgan fingerprint density at radius 2 is 0.417 bits per heavy atom. The predicted molar refractivity (Wildman–Crippen MR) is 496 cm³/mol. The molecule has 0 aliphatic carbocycles. The number of nitrogens with two attached hydrogens (primary N) is 8.